The molecule has 2 unspecified atom stereocenters. The molecule has 1 aliphatic heterocycles. The number of hydrogen-bond acceptors (Lipinski definition) is 3. The first kappa shape index (κ1) is 16.3. The van der Waals surface area contributed by atoms with Crippen LogP contribution in [0.1, 0.15) is 24.9 Å². The lowest BCUT2D eigenvalue weighted by Crippen LogP contribution is -2.41. The molecule has 1 heterocycles. The normalized spacial score (nSPS) is 20.2. The first-order chi connectivity index (χ1) is 8.75. The van der Waals surface area contributed by atoms with Gasteiger partial charge in [-0.15, -0.1) is 12.4 Å². The Morgan fingerprint density at radius 3 is 2.84 bits per heavy atom. The standard InChI is InChI=1S/C14H20N2OS.ClH/c1-11(12-5-3-2-4-6-12)16-14(17)9-13-10-18-8-7-15-13;/h2-6,11,13,15H,7-10H2,1H3,(H,16,17);1H. The zero-order valence-corrected chi connectivity index (χ0v) is 12.7. The van der Waals surface area contributed by atoms with Crippen molar-refractivity contribution in [3.05, 3.63) is 35.9 Å². The van der Waals surface area contributed by atoms with Gasteiger partial charge < -0.3 is 10.6 Å². The molecule has 1 aromatic carbocycles. The highest BCUT2D eigenvalue weighted by atomic mass is 35.5. The molecule has 3 nitrogen and oxygen atoms in total. The van der Waals surface area contributed by atoms with Gasteiger partial charge in [-0.25, -0.2) is 0 Å². The third kappa shape index (κ3) is 5.43. The van der Waals surface area contributed by atoms with E-state index in [0.717, 1.165) is 23.6 Å². The van der Waals surface area contributed by atoms with Crippen LogP contribution in [0.15, 0.2) is 30.3 Å². The molecule has 5 heteroatoms. The molecule has 1 aromatic rings. The number of hydrogen-bond donors (Lipinski definition) is 2. The number of nitrogens with one attached hydrogen (secondary N) is 2. The van der Waals surface area contributed by atoms with Crippen LogP contribution >= 0.6 is 24.2 Å². The van der Waals surface area contributed by atoms with Gasteiger partial charge in [-0.1, -0.05) is 30.3 Å². The van der Waals surface area contributed by atoms with Gasteiger partial charge in [0.05, 0.1) is 6.04 Å². The van der Waals surface area contributed by atoms with Crippen LogP contribution in [0.5, 0.6) is 0 Å². The van der Waals surface area contributed by atoms with Gasteiger partial charge in [0.25, 0.3) is 0 Å². The second-order valence-electron chi connectivity index (χ2n) is 4.63. The molecule has 2 atom stereocenters. The van der Waals surface area contributed by atoms with Crippen LogP contribution in [0.3, 0.4) is 0 Å². The molecule has 19 heavy (non-hydrogen) atoms. The lowest BCUT2D eigenvalue weighted by Gasteiger charge is -2.23. The maximum Gasteiger partial charge on any atom is 0.222 e. The molecule has 0 spiro atoms. The fraction of sp³-hybridized carbons (Fsp3) is 0.500. The molecule has 0 aliphatic carbocycles. The number of carbonyl (C=O) groups is 1. The SMILES string of the molecule is CC(NC(=O)CC1CSCCN1)c1ccccc1.Cl. The molecule has 1 amide bonds. The molecule has 1 aliphatic rings. The monoisotopic (exact) mass is 300 g/mol. The molecule has 0 saturated carbocycles. The minimum absolute atomic E-state index is 0. The van der Waals surface area contributed by atoms with E-state index in [1.807, 2.05) is 49.0 Å². The van der Waals surface area contributed by atoms with Crippen molar-refractivity contribution < 1.29 is 4.79 Å². The van der Waals surface area contributed by atoms with Crippen molar-refractivity contribution in [1.82, 2.24) is 10.6 Å². The molecule has 2 rings (SSSR count). The summed E-state index contributed by atoms with van der Waals surface area (Å²) in [6.07, 6.45) is 0.574. The Kier molecular flexibility index (Phi) is 7.28. The second kappa shape index (κ2) is 8.46. The lowest BCUT2D eigenvalue weighted by atomic mass is 10.1. The minimum Gasteiger partial charge on any atom is -0.350 e. The molecule has 106 valence electrons. The van der Waals surface area contributed by atoms with Gasteiger partial charge >= 0.3 is 0 Å². The number of thioether (sulfide) groups is 1. The van der Waals surface area contributed by atoms with Crippen molar-refractivity contribution in [3.63, 3.8) is 0 Å². The van der Waals surface area contributed by atoms with E-state index in [2.05, 4.69) is 10.6 Å². The first-order valence-corrected chi connectivity index (χ1v) is 7.56. The van der Waals surface area contributed by atoms with E-state index in [1.54, 1.807) is 0 Å². The van der Waals surface area contributed by atoms with E-state index in [0.29, 0.717) is 12.5 Å². The van der Waals surface area contributed by atoms with Crippen LogP contribution in [0.25, 0.3) is 0 Å². The molecule has 0 aromatic heterocycles. The third-order valence-corrected chi connectivity index (χ3v) is 4.24. The molecule has 0 radical (unpaired) electrons. The van der Waals surface area contributed by atoms with E-state index in [4.69, 9.17) is 0 Å². The van der Waals surface area contributed by atoms with Gasteiger partial charge in [0.15, 0.2) is 0 Å². The number of amides is 1. The van der Waals surface area contributed by atoms with Gasteiger partial charge in [0, 0.05) is 30.5 Å². The van der Waals surface area contributed by atoms with Gasteiger partial charge in [0.1, 0.15) is 0 Å². The summed E-state index contributed by atoms with van der Waals surface area (Å²) in [5.41, 5.74) is 1.15. The van der Waals surface area contributed by atoms with Crippen LogP contribution in [0, 0.1) is 0 Å². The summed E-state index contributed by atoms with van der Waals surface area (Å²) in [7, 11) is 0. The van der Waals surface area contributed by atoms with Crippen LogP contribution in [-0.4, -0.2) is 30.0 Å². The van der Waals surface area contributed by atoms with Crippen LogP contribution in [0.4, 0.5) is 0 Å². The zero-order chi connectivity index (χ0) is 12.8. The summed E-state index contributed by atoms with van der Waals surface area (Å²) in [6, 6.07) is 10.5. The number of rotatable bonds is 4. The largest absolute Gasteiger partial charge is 0.350 e. The van der Waals surface area contributed by atoms with Crippen molar-refractivity contribution in [1.29, 1.82) is 0 Å². The first-order valence-electron chi connectivity index (χ1n) is 6.41. The zero-order valence-electron chi connectivity index (χ0n) is 11.1. The topological polar surface area (TPSA) is 41.1 Å². The summed E-state index contributed by atoms with van der Waals surface area (Å²) in [6.45, 7) is 3.03. The van der Waals surface area contributed by atoms with E-state index in [9.17, 15) is 4.79 Å². The lowest BCUT2D eigenvalue weighted by molar-refractivity contribution is -0.122. The molecule has 1 saturated heterocycles. The summed E-state index contributed by atoms with van der Waals surface area (Å²) in [5.74, 6) is 2.32. The highest BCUT2D eigenvalue weighted by Gasteiger charge is 2.17. The number of benzene rings is 1. The van der Waals surface area contributed by atoms with Crippen molar-refractivity contribution in [2.45, 2.75) is 25.4 Å². The van der Waals surface area contributed by atoms with Gasteiger partial charge in [0.2, 0.25) is 5.91 Å². The second-order valence-corrected chi connectivity index (χ2v) is 5.78. The van der Waals surface area contributed by atoms with Crippen molar-refractivity contribution in [2.75, 3.05) is 18.1 Å². The Morgan fingerprint density at radius 1 is 1.47 bits per heavy atom. The predicted molar refractivity (Wildman–Crippen MR) is 84.0 cm³/mol. The van der Waals surface area contributed by atoms with Crippen LogP contribution in [-0.2, 0) is 4.79 Å². The van der Waals surface area contributed by atoms with E-state index in [1.165, 1.54) is 0 Å². The highest BCUT2D eigenvalue weighted by Crippen LogP contribution is 2.13. The average Bonchev–Trinajstić information content (AvgIpc) is 2.40. The van der Waals surface area contributed by atoms with Crippen molar-refractivity contribution >= 4 is 30.1 Å². The summed E-state index contributed by atoms with van der Waals surface area (Å²) in [4.78, 5) is 11.9. The Bertz CT molecular complexity index is 382. The van der Waals surface area contributed by atoms with Crippen molar-refractivity contribution in [2.24, 2.45) is 0 Å². The molecular weight excluding hydrogens is 280 g/mol. The van der Waals surface area contributed by atoms with Crippen LogP contribution in [0.2, 0.25) is 0 Å². The summed E-state index contributed by atoms with van der Waals surface area (Å²) in [5, 5.41) is 6.44. The smallest absolute Gasteiger partial charge is 0.222 e. The average molecular weight is 301 g/mol. The highest BCUT2D eigenvalue weighted by molar-refractivity contribution is 7.99. The predicted octanol–water partition coefficient (Wildman–Crippen LogP) is 2.38. The number of halogens is 1. The molecule has 1 fully saturated rings. The van der Waals surface area contributed by atoms with Gasteiger partial charge in [-0.05, 0) is 12.5 Å². The maximum absolute atomic E-state index is 11.9. The summed E-state index contributed by atoms with van der Waals surface area (Å²) < 4.78 is 0. The fourth-order valence-corrected chi connectivity index (χ4v) is 3.05. The minimum atomic E-state index is 0. The summed E-state index contributed by atoms with van der Waals surface area (Å²) >= 11 is 1.92. The Morgan fingerprint density at radius 2 is 2.21 bits per heavy atom. The van der Waals surface area contributed by atoms with E-state index >= 15 is 0 Å². The maximum atomic E-state index is 11.9. The Hall–Kier alpha value is -0.710. The quantitative estimate of drug-likeness (QED) is 0.897. The molecular formula is C14H21ClN2OS. The van der Waals surface area contributed by atoms with Gasteiger partial charge in [-0.3, -0.25) is 4.79 Å². The Labute approximate surface area is 125 Å². The fourth-order valence-electron chi connectivity index (χ4n) is 2.10. The van der Waals surface area contributed by atoms with Gasteiger partial charge in [-0.2, -0.15) is 11.8 Å². The van der Waals surface area contributed by atoms with E-state index < -0.39 is 0 Å². The molecule has 2 N–H and O–H groups in total. The number of carbonyl (C=O) groups excluding carboxylic acids is 1. The van der Waals surface area contributed by atoms with E-state index in [-0.39, 0.29) is 24.4 Å². The molecule has 0 bridgehead atoms. The Balaban J connectivity index is 0.00000180. The third-order valence-electron chi connectivity index (χ3n) is 3.11. The van der Waals surface area contributed by atoms with Crippen LogP contribution < -0.4 is 10.6 Å². The van der Waals surface area contributed by atoms with Crippen molar-refractivity contribution in [3.8, 4) is 0 Å².